The minimum absolute atomic E-state index is 0.0219. The summed E-state index contributed by atoms with van der Waals surface area (Å²) in [6.45, 7) is 4.79. The van der Waals surface area contributed by atoms with Gasteiger partial charge in [-0.05, 0) is 57.4 Å². The molecule has 0 aliphatic rings. The van der Waals surface area contributed by atoms with Gasteiger partial charge in [0.2, 0.25) is 5.88 Å². The van der Waals surface area contributed by atoms with Crippen molar-refractivity contribution in [1.82, 2.24) is 14.7 Å². The van der Waals surface area contributed by atoms with Crippen molar-refractivity contribution in [2.45, 2.75) is 52.1 Å². The summed E-state index contributed by atoms with van der Waals surface area (Å²) in [6.07, 6.45) is 5.81. The first-order valence-corrected chi connectivity index (χ1v) is 11.2. The fourth-order valence-electron chi connectivity index (χ4n) is 3.53. The number of aryl methyl sites for hydroxylation is 1. The molecule has 0 fully saturated rings. The van der Waals surface area contributed by atoms with E-state index in [-0.39, 0.29) is 18.4 Å². The zero-order chi connectivity index (χ0) is 23.8. The molecule has 0 aliphatic heterocycles. The van der Waals surface area contributed by atoms with Crippen LogP contribution in [0.4, 0.5) is 0 Å². The number of carbonyl (C=O) groups is 2. The topological polar surface area (TPSA) is 97.8 Å². The average molecular weight is 454 g/mol. The number of carboxylic acids is 1. The molecule has 1 N–H and O–H groups in total. The molecule has 33 heavy (non-hydrogen) atoms. The van der Waals surface area contributed by atoms with Gasteiger partial charge in [0.1, 0.15) is 5.76 Å². The highest BCUT2D eigenvalue weighted by molar-refractivity contribution is 5.94. The van der Waals surface area contributed by atoms with Crippen LogP contribution in [0.1, 0.15) is 55.5 Å². The Hall–Kier alpha value is -3.55. The molecule has 0 bridgehead atoms. The van der Waals surface area contributed by atoms with E-state index in [1.54, 1.807) is 15.8 Å². The van der Waals surface area contributed by atoms with Crippen LogP contribution >= 0.6 is 0 Å². The molecule has 0 saturated carbocycles. The van der Waals surface area contributed by atoms with Crippen molar-refractivity contribution >= 4 is 11.9 Å². The molecule has 1 aromatic carbocycles. The fraction of sp³-hybridized carbons (Fsp3) is 0.400. The molecular weight excluding hydrogens is 422 g/mol. The van der Waals surface area contributed by atoms with Crippen LogP contribution in [0.2, 0.25) is 0 Å². The lowest BCUT2D eigenvalue weighted by molar-refractivity contribution is -0.137. The first-order valence-electron chi connectivity index (χ1n) is 11.2. The lowest BCUT2D eigenvalue weighted by Gasteiger charge is -2.27. The van der Waals surface area contributed by atoms with Crippen LogP contribution in [0, 0.1) is 0 Å². The fourth-order valence-corrected chi connectivity index (χ4v) is 3.53. The normalized spacial score (nSPS) is 11.0. The molecule has 2 heterocycles. The number of amides is 1. The number of nitrogens with zero attached hydrogens (tertiary/aromatic N) is 3. The van der Waals surface area contributed by atoms with Crippen molar-refractivity contribution in [3.63, 3.8) is 0 Å². The van der Waals surface area contributed by atoms with Crippen LogP contribution in [0.3, 0.4) is 0 Å². The Kier molecular flexibility index (Phi) is 8.29. The van der Waals surface area contributed by atoms with Gasteiger partial charge in [-0.3, -0.25) is 14.3 Å². The van der Waals surface area contributed by atoms with Crippen molar-refractivity contribution in [3.8, 4) is 17.2 Å². The maximum atomic E-state index is 13.3. The number of unbranched alkanes of at least 4 members (excludes halogenated alkanes) is 2. The van der Waals surface area contributed by atoms with Crippen LogP contribution in [0.15, 0.2) is 53.3 Å². The Bertz CT molecular complexity index is 1040. The first kappa shape index (κ1) is 24.1. The molecule has 3 aromatic rings. The Morgan fingerprint density at radius 1 is 1.15 bits per heavy atom. The standard InChI is InChI=1S/C25H31N3O5/c1-18(2)28(25(31)20-12-10-19(11-13-20)22-8-7-15-32-22)17-21-16-27(3)26-24(21)33-14-6-4-5-9-23(29)30/h7-8,10-13,15-16,18H,4-6,9,14,17H2,1-3H3,(H,29,30). The number of rotatable bonds is 12. The molecular formula is C25H31N3O5. The second-order valence-corrected chi connectivity index (χ2v) is 8.27. The second-order valence-electron chi connectivity index (χ2n) is 8.27. The van der Waals surface area contributed by atoms with Crippen LogP contribution in [-0.2, 0) is 18.4 Å². The van der Waals surface area contributed by atoms with E-state index in [4.69, 9.17) is 14.3 Å². The lowest BCUT2D eigenvalue weighted by atomic mass is 10.1. The number of hydrogen-bond donors (Lipinski definition) is 1. The van der Waals surface area contributed by atoms with E-state index in [9.17, 15) is 9.59 Å². The van der Waals surface area contributed by atoms with E-state index in [0.717, 1.165) is 29.7 Å². The monoisotopic (exact) mass is 453 g/mol. The largest absolute Gasteiger partial charge is 0.481 e. The minimum atomic E-state index is -0.781. The van der Waals surface area contributed by atoms with Gasteiger partial charge >= 0.3 is 5.97 Å². The first-order chi connectivity index (χ1) is 15.8. The third-order valence-corrected chi connectivity index (χ3v) is 5.30. The predicted molar refractivity (Wildman–Crippen MR) is 124 cm³/mol. The molecule has 0 radical (unpaired) electrons. The summed E-state index contributed by atoms with van der Waals surface area (Å²) in [5.41, 5.74) is 2.35. The van der Waals surface area contributed by atoms with Crippen LogP contribution < -0.4 is 4.74 Å². The number of benzene rings is 1. The van der Waals surface area contributed by atoms with Crippen LogP contribution in [-0.4, -0.2) is 44.3 Å². The molecule has 2 aromatic heterocycles. The highest BCUT2D eigenvalue weighted by Gasteiger charge is 2.22. The average Bonchev–Trinajstić information content (AvgIpc) is 3.43. The molecule has 0 aliphatic carbocycles. The third kappa shape index (κ3) is 6.71. The Balaban J connectivity index is 1.64. The van der Waals surface area contributed by atoms with Gasteiger partial charge in [-0.15, -0.1) is 5.10 Å². The summed E-state index contributed by atoms with van der Waals surface area (Å²) in [4.78, 5) is 25.7. The lowest BCUT2D eigenvalue weighted by Crippen LogP contribution is -2.36. The summed E-state index contributed by atoms with van der Waals surface area (Å²) < 4.78 is 13.0. The Labute approximate surface area is 193 Å². The van der Waals surface area contributed by atoms with Crippen LogP contribution in [0.25, 0.3) is 11.3 Å². The van der Waals surface area contributed by atoms with E-state index in [1.807, 2.05) is 63.5 Å². The smallest absolute Gasteiger partial charge is 0.303 e. The molecule has 0 saturated heterocycles. The molecule has 1 amide bonds. The van der Waals surface area contributed by atoms with Crippen LogP contribution in [0.5, 0.6) is 5.88 Å². The number of ether oxygens (including phenoxy) is 1. The van der Waals surface area contributed by atoms with E-state index < -0.39 is 5.97 Å². The SMILES string of the molecule is CC(C)N(Cc1cn(C)nc1OCCCCCC(=O)O)C(=O)c1ccc(-c2ccco2)cc1. The molecule has 0 spiro atoms. The van der Waals surface area contributed by atoms with E-state index in [1.165, 1.54) is 0 Å². The zero-order valence-corrected chi connectivity index (χ0v) is 19.4. The zero-order valence-electron chi connectivity index (χ0n) is 19.4. The number of carbonyl (C=O) groups excluding carboxylic acids is 1. The molecule has 176 valence electrons. The van der Waals surface area contributed by atoms with Gasteiger partial charge in [-0.25, -0.2) is 0 Å². The molecule has 8 nitrogen and oxygen atoms in total. The number of carboxylic acid groups (broad SMARTS) is 1. The summed E-state index contributed by atoms with van der Waals surface area (Å²) in [5.74, 6) is 0.411. The van der Waals surface area contributed by atoms with Gasteiger partial charge in [0.25, 0.3) is 5.91 Å². The van der Waals surface area contributed by atoms with E-state index in [0.29, 0.717) is 31.0 Å². The highest BCUT2D eigenvalue weighted by Crippen LogP contribution is 2.23. The molecule has 0 unspecified atom stereocenters. The van der Waals surface area contributed by atoms with Gasteiger partial charge in [0, 0.05) is 36.8 Å². The predicted octanol–water partition coefficient (Wildman–Crippen LogP) is 4.75. The van der Waals surface area contributed by atoms with E-state index >= 15 is 0 Å². The molecule has 0 atom stereocenters. The van der Waals surface area contributed by atoms with Crippen molar-refractivity contribution in [1.29, 1.82) is 0 Å². The number of aliphatic carboxylic acids is 1. The number of furan rings is 1. The number of hydrogen-bond acceptors (Lipinski definition) is 5. The van der Waals surface area contributed by atoms with Gasteiger partial charge < -0.3 is 19.2 Å². The van der Waals surface area contributed by atoms with Gasteiger partial charge in [0.05, 0.1) is 25.0 Å². The van der Waals surface area contributed by atoms with E-state index in [2.05, 4.69) is 5.10 Å². The third-order valence-electron chi connectivity index (χ3n) is 5.30. The quantitative estimate of drug-likeness (QED) is 0.397. The second kappa shape index (κ2) is 11.4. The van der Waals surface area contributed by atoms with Crippen molar-refractivity contribution < 1.29 is 23.8 Å². The highest BCUT2D eigenvalue weighted by atomic mass is 16.5. The maximum Gasteiger partial charge on any atom is 0.303 e. The van der Waals surface area contributed by atoms with Crippen molar-refractivity contribution in [2.75, 3.05) is 6.61 Å². The summed E-state index contributed by atoms with van der Waals surface area (Å²) in [6, 6.07) is 11.1. The van der Waals surface area contributed by atoms with Crippen molar-refractivity contribution in [3.05, 3.63) is 60.0 Å². The van der Waals surface area contributed by atoms with Crippen molar-refractivity contribution in [2.24, 2.45) is 7.05 Å². The summed E-state index contributed by atoms with van der Waals surface area (Å²) in [7, 11) is 1.82. The minimum Gasteiger partial charge on any atom is -0.481 e. The Morgan fingerprint density at radius 2 is 1.91 bits per heavy atom. The molecule has 8 heteroatoms. The maximum absolute atomic E-state index is 13.3. The molecule has 3 rings (SSSR count). The summed E-state index contributed by atoms with van der Waals surface area (Å²) in [5, 5.41) is 13.1. The van der Waals surface area contributed by atoms with Gasteiger partial charge in [0.15, 0.2) is 0 Å². The van der Waals surface area contributed by atoms with Gasteiger partial charge in [-0.2, -0.15) is 0 Å². The van der Waals surface area contributed by atoms with Gasteiger partial charge in [-0.1, -0.05) is 12.1 Å². The Morgan fingerprint density at radius 3 is 2.55 bits per heavy atom. The summed E-state index contributed by atoms with van der Waals surface area (Å²) >= 11 is 0. The number of aromatic nitrogens is 2.